The molecule has 1 amide bonds. The molecule has 130 valence electrons. The van der Waals surface area contributed by atoms with Crippen molar-refractivity contribution in [2.45, 2.75) is 27.7 Å². The predicted molar refractivity (Wildman–Crippen MR) is 95.7 cm³/mol. The molecule has 0 N–H and O–H groups in total. The van der Waals surface area contributed by atoms with Gasteiger partial charge in [-0.25, -0.2) is 4.68 Å². The Bertz CT molecular complexity index is 674. The summed E-state index contributed by atoms with van der Waals surface area (Å²) in [6.45, 7) is 10.1. The fraction of sp³-hybridized carbons (Fsp3) is 0.474. The lowest BCUT2D eigenvalue weighted by atomic mass is 10.1. The number of amides is 1. The number of hydrogen-bond acceptors (Lipinski definition) is 3. The zero-order valence-electron chi connectivity index (χ0n) is 15.2. The molecule has 0 bridgehead atoms. The molecule has 1 heterocycles. The lowest BCUT2D eigenvalue weighted by Gasteiger charge is -2.24. The third kappa shape index (κ3) is 4.45. The van der Waals surface area contributed by atoms with Gasteiger partial charge < -0.3 is 9.64 Å². The smallest absolute Gasteiger partial charge is 0.253 e. The van der Waals surface area contributed by atoms with E-state index in [1.807, 2.05) is 53.8 Å². The fourth-order valence-corrected chi connectivity index (χ4v) is 2.74. The first-order chi connectivity index (χ1) is 11.4. The highest BCUT2D eigenvalue weighted by Gasteiger charge is 2.17. The molecule has 1 aromatic heterocycles. The van der Waals surface area contributed by atoms with E-state index in [2.05, 4.69) is 18.9 Å². The van der Waals surface area contributed by atoms with Crippen LogP contribution in [0.4, 0.5) is 0 Å². The largest absolute Gasteiger partial charge is 0.383 e. The maximum atomic E-state index is 12.8. The van der Waals surface area contributed by atoms with Crippen molar-refractivity contribution in [2.75, 3.05) is 26.8 Å². The zero-order chi connectivity index (χ0) is 17.7. The summed E-state index contributed by atoms with van der Waals surface area (Å²) in [5, 5.41) is 4.47. The van der Waals surface area contributed by atoms with Gasteiger partial charge in [0.25, 0.3) is 5.91 Å². The Kier molecular flexibility index (Phi) is 6.15. The summed E-state index contributed by atoms with van der Waals surface area (Å²) in [6, 6.07) is 9.66. The number of hydrogen-bond donors (Lipinski definition) is 0. The van der Waals surface area contributed by atoms with Crippen LogP contribution >= 0.6 is 0 Å². The highest BCUT2D eigenvalue weighted by atomic mass is 16.5. The van der Waals surface area contributed by atoms with E-state index in [9.17, 15) is 4.79 Å². The quantitative estimate of drug-likeness (QED) is 0.783. The normalized spacial score (nSPS) is 11.1. The van der Waals surface area contributed by atoms with Gasteiger partial charge in [-0.1, -0.05) is 13.8 Å². The molecule has 2 aromatic rings. The lowest BCUT2D eigenvalue weighted by molar-refractivity contribution is 0.0672. The molecule has 0 atom stereocenters. The summed E-state index contributed by atoms with van der Waals surface area (Å²) in [7, 11) is 1.65. The van der Waals surface area contributed by atoms with Gasteiger partial charge in [-0.15, -0.1) is 0 Å². The average molecular weight is 329 g/mol. The van der Waals surface area contributed by atoms with Crippen LogP contribution in [0.5, 0.6) is 0 Å². The van der Waals surface area contributed by atoms with Gasteiger partial charge in [0.05, 0.1) is 18.0 Å². The third-order valence-electron chi connectivity index (χ3n) is 3.81. The summed E-state index contributed by atoms with van der Waals surface area (Å²) in [6.07, 6.45) is 0. The molecule has 5 heteroatoms. The van der Waals surface area contributed by atoms with E-state index in [1.165, 1.54) is 0 Å². The van der Waals surface area contributed by atoms with Gasteiger partial charge in [-0.05, 0) is 50.1 Å². The predicted octanol–water partition coefficient (Wildman–Crippen LogP) is 3.23. The minimum atomic E-state index is 0.0423. The minimum absolute atomic E-state index is 0.0423. The Labute approximate surface area is 144 Å². The molecule has 1 aromatic carbocycles. The van der Waals surface area contributed by atoms with Gasteiger partial charge in [0, 0.05) is 31.5 Å². The molecule has 0 spiro atoms. The number of carbonyl (C=O) groups is 1. The Hall–Kier alpha value is -2.14. The van der Waals surface area contributed by atoms with Crippen molar-refractivity contribution in [3.05, 3.63) is 47.3 Å². The van der Waals surface area contributed by atoms with Crippen molar-refractivity contribution in [1.82, 2.24) is 14.7 Å². The topological polar surface area (TPSA) is 47.4 Å². The molecule has 0 unspecified atom stereocenters. The second-order valence-corrected chi connectivity index (χ2v) is 6.52. The van der Waals surface area contributed by atoms with Gasteiger partial charge in [-0.2, -0.15) is 5.10 Å². The minimum Gasteiger partial charge on any atom is -0.383 e. The molecule has 0 saturated carbocycles. The SMILES string of the molecule is COCCN(CC(C)C)C(=O)c1ccc(-n2nc(C)cc2C)cc1. The Balaban J connectivity index is 2.18. The molecule has 0 radical (unpaired) electrons. The second kappa shape index (κ2) is 8.11. The van der Waals surface area contributed by atoms with Gasteiger partial charge >= 0.3 is 0 Å². The van der Waals surface area contributed by atoms with Crippen molar-refractivity contribution in [3.8, 4) is 5.69 Å². The molecule has 5 nitrogen and oxygen atoms in total. The van der Waals surface area contributed by atoms with Gasteiger partial charge in [0.1, 0.15) is 0 Å². The van der Waals surface area contributed by atoms with Crippen LogP contribution in [-0.4, -0.2) is 47.4 Å². The van der Waals surface area contributed by atoms with Crippen LogP contribution in [0.2, 0.25) is 0 Å². The number of ether oxygens (including phenoxy) is 1. The van der Waals surface area contributed by atoms with Crippen LogP contribution in [0.1, 0.15) is 35.6 Å². The zero-order valence-corrected chi connectivity index (χ0v) is 15.2. The fourth-order valence-electron chi connectivity index (χ4n) is 2.74. The number of benzene rings is 1. The van der Waals surface area contributed by atoms with E-state index >= 15 is 0 Å². The molecule has 24 heavy (non-hydrogen) atoms. The number of nitrogens with zero attached hydrogens (tertiary/aromatic N) is 3. The number of carbonyl (C=O) groups excluding carboxylic acids is 1. The van der Waals surface area contributed by atoms with Crippen LogP contribution in [0.25, 0.3) is 5.69 Å². The summed E-state index contributed by atoms with van der Waals surface area (Å²) in [5.74, 6) is 0.459. The molecule has 2 rings (SSSR count). The number of methoxy groups -OCH3 is 1. The van der Waals surface area contributed by atoms with Crippen molar-refractivity contribution >= 4 is 5.91 Å². The average Bonchev–Trinajstić information content (AvgIpc) is 2.89. The molecular formula is C19H27N3O2. The Morgan fingerprint density at radius 3 is 2.42 bits per heavy atom. The molecule has 0 aliphatic heterocycles. The van der Waals surface area contributed by atoms with E-state index in [-0.39, 0.29) is 5.91 Å². The molecule has 0 saturated heterocycles. The molecule has 0 aliphatic rings. The molecule has 0 fully saturated rings. The van der Waals surface area contributed by atoms with Crippen LogP contribution in [0.15, 0.2) is 30.3 Å². The number of aromatic nitrogens is 2. The first kappa shape index (κ1) is 18.2. The Morgan fingerprint density at radius 2 is 1.92 bits per heavy atom. The number of aryl methyl sites for hydroxylation is 2. The third-order valence-corrected chi connectivity index (χ3v) is 3.81. The van der Waals surface area contributed by atoms with Crippen molar-refractivity contribution in [3.63, 3.8) is 0 Å². The standard InChI is InChI=1S/C19H27N3O2/c1-14(2)13-21(10-11-24-5)19(23)17-6-8-18(9-7-17)22-16(4)12-15(3)20-22/h6-9,12,14H,10-11,13H2,1-5H3. The van der Waals surface area contributed by atoms with E-state index in [4.69, 9.17) is 4.74 Å². The maximum absolute atomic E-state index is 12.8. The van der Waals surface area contributed by atoms with Crippen LogP contribution in [-0.2, 0) is 4.74 Å². The van der Waals surface area contributed by atoms with Gasteiger partial charge in [0.2, 0.25) is 0 Å². The first-order valence-electron chi connectivity index (χ1n) is 8.34. The Morgan fingerprint density at radius 1 is 1.25 bits per heavy atom. The summed E-state index contributed by atoms with van der Waals surface area (Å²) in [5.41, 5.74) is 3.71. The van der Waals surface area contributed by atoms with E-state index in [1.54, 1.807) is 7.11 Å². The molecule has 0 aliphatic carbocycles. The van der Waals surface area contributed by atoms with Crippen molar-refractivity contribution < 1.29 is 9.53 Å². The van der Waals surface area contributed by atoms with Gasteiger partial charge in [-0.3, -0.25) is 4.79 Å². The van der Waals surface area contributed by atoms with E-state index < -0.39 is 0 Å². The summed E-state index contributed by atoms with van der Waals surface area (Å²) in [4.78, 5) is 14.6. The summed E-state index contributed by atoms with van der Waals surface area (Å²) < 4.78 is 7.02. The number of rotatable bonds is 7. The highest BCUT2D eigenvalue weighted by Crippen LogP contribution is 2.15. The van der Waals surface area contributed by atoms with Crippen molar-refractivity contribution in [2.24, 2.45) is 5.92 Å². The van der Waals surface area contributed by atoms with Crippen LogP contribution in [0, 0.1) is 19.8 Å². The lowest BCUT2D eigenvalue weighted by Crippen LogP contribution is -2.36. The van der Waals surface area contributed by atoms with Crippen molar-refractivity contribution in [1.29, 1.82) is 0 Å². The van der Waals surface area contributed by atoms with E-state index in [0.29, 0.717) is 24.6 Å². The van der Waals surface area contributed by atoms with E-state index in [0.717, 1.165) is 23.6 Å². The highest BCUT2D eigenvalue weighted by molar-refractivity contribution is 5.94. The van der Waals surface area contributed by atoms with Crippen LogP contribution < -0.4 is 0 Å². The first-order valence-corrected chi connectivity index (χ1v) is 8.34. The van der Waals surface area contributed by atoms with Crippen LogP contribution in [0.3, 0.4) is 0 Å². The maximum Gasteiger partial charge on any atom is 0.253 e. The monoisotopic (exact) mass is 329 g/mol. The second-order valence-electron chi connectivity index (χ2n) is 6.52. The van der Waals surface area contributed by atoms with Gasteiger partial charge in [0.15, 0.2) is 0 Å². The molecular weight excluding hydrogens is 302 g/mol. The summed E-state index contributed by atoms with van der Waals surface area (Å²) >= 11 is 0.